The molecule has 0 fully saturated rings. The van der Waals surface area contributed by atoms with E-state index in [1.807, 2.05) is 13.2 Å². The molecule has 1 aromatic carbocycles. The van der Waals surface area contributed by atoms with Crippen LogP contribution in [-0.4, -0.2) is 42.5 Å². The highest BCUT2D eigenvalue weighted by atomic mass is 32.2. The quantitative estimate of drug-likeness (QED) is 0.857. The van der Waals surface area contributed by atoms with Crippen LogP contribution in [0.3, 0.4) is 0 Å². The predicted octanol–water partition coefficient (Wildman–Crippen LogP) is 1.55. The number of carbonyl (C=O) groups is 1. The molecule has 130 valence electrons. The maximum atomic E-state index is 12.3. The Morgan fingerprint density at radius 1 is 1.33 bits per heavy atom. The number of anilines is 1. The standard InChI is InChI=1S/C16H22N4O3S/c1-12-5-7-14(9-15(12)24(22,23)19(2)3)18-16(21)8-6-13-10-17-20(4)11-13/h5,7,9-11H,6,8H2,1-4H3,(H,18,21). The molecule has 0 unspecified atom stereocenters. The summed E-state index contributed by atoms with van der Waals surface area (Å²) >= 11 is 0. The highest BCUT2D eigenvalue weighted by molar-refractivity contribution is 7.89. The van der Waals surface area contributed by atoms with E-state index in [1.165, 1.54) is 20.2 Å². The van der Waals surface area contributed by atoms with E-state index in [2.05, 4.69) is 10.4 Å². The molecule has 7 nitrogen and oxygen atoms in total. The maximum absolute atomic E-state index is 12.3. The second-order valence-electron chi connectivity index (χ2n) is 5.84. The molecule has 2 rings (SSSR count). The molecule has 0 saturated carbocycles. The lowest BCUT2D eigenvalue weighted by molar-refractivity contribution is -0.116. The van der Waals surface area contributed by atoms with Gasteiger partial charge in [-0.3, -0.25) is 9.48 Å². The number of nitrogens with one attached hydrogen (secondary N) is 1. The molecular formula is C16H22N4O3S. The van der Waals surface area contributed by atoms with Crippen molar-refractivity contribution in [3.63, 3.8) is 0 Å². The van der Waals surface area contributed by atoms with Gasteiger partial charge in [0.2, 0.25) is 15.9 Å². The summed E-state index contributed by atoms with van der Waals surface area (Å²) < 4.78 is 27.5. The Balaban J connectivity index is 2.08. The zero-order valence-electron chi connectivity index (χ0n) is 14.3. The predicted molar refractivity (Wildman–Crippen MR) is 92.2 cm³/mol. The van der Waals surface area contributed by atoms with Crippen LogP contribution in [-0.2, 0) is 28.3 Å². The van der Waals surface area contributed by atoms with Crippen LogP contribution < -0.4 is 5.32 Å². The first-order valence-electron chi connectivity index (χ1n) is 7.50. The summed E-state index contributed by atoms with van der Waals surface area (Å²) in [6.07, 6.45) is 4.46. The molecule has 24 heavy (non-hydrogen) atoms. The largest absolute Gasteiger partial charge is 0.326 e. The van der Waals surface area contributed by atoms with Crippen molar-refractivity contribution in [3.8, 4) is 0 Å². The van der Waals surface area contributed by atoms with Crippen LogP contribution >= 0.6 is 0 Å². The second kappa shape index (κ2) is 7.14. The van der Waals surface area contributed by atoms with E-state index in [1.54, 1.807) is 29.9 Å². The smallest absolute Gasteiger partial charge is 0.242 e. The Kier molecular flexibility index (Phi) is 5.40. The van der Waals surface area contributed by atoms with Crippen molar-refractivity contribution >= 4 is 21.6 Å². The van der Waals surface area contributed by atoms with Gasteiger partial charge < -0.3 is 5.32 Å². The lowest BCUT2D eigenvalue weighted by Gasteiger charge is -2.15. The van der Waals surface area contributed by atoms with Crippen LogP contribution in [0.1, 0.15) is 17.5 Å². The number of hydrogen-bond acceptors (Lipinski definition) is 4. The van der Waals surface area contributed by atoms with Gasteiger partial charge in [-0.05, 0) is 36.6 Å². The van der Waals surface area contributed by atoms with Crippen molar-refractivity contribution in [1.82, 2.24) is 14.1 Å². The van der Waals surface area contributed by atoms with Gasteiger partial charge in [0.25, 0.3) is 0 Å². The monoisotopic (exact) mass is 350 g/mol. The fourth-order valence-electron chi connectivity index (χ4n) is 2.23. The van der Waals surface area contributed by atoms with Crippen LogP contribution in [0.25, 0.3) is 0 Å². The number of benzene rings is 1. The van der Waals surface area contributed by atoms with Crippen molar-refractivity contribution in [2.75, 3.05) is 19.4 Å². The zero-order valence-corrected chi connectivity index (χ0v) is 15.1. The Morgan fingerprint density at radius 2 is 2.04 bits per heavy atom. The molecule has 1 heterocycles. The van der Waals surface area contributed by atoms with Crippen LogP contribution in [0.15, 0.2) is 35.5 Å². The SMILES string of the molecule is Cc1ccc(NC(=O)CCc2cnn(C)c2)cc1S(=O)(=O)N(C)C. The zero-order chi connectivity index (χ0) is 17.9. The summed E-state index contributed by atoms with van der Waals surface area (Å²) in [4.78, 5) is 12.3. The number of carbonyl (C=O) groups excluding carboxylic acids is 1. The number of sulfonamides is 1. The number of nitrogens with zero attached hydrogens (tertiary/aromatic N) is 3. The summed E-state index contributed by atoms with van der Waals surface area (Å²) in [5.74, 6) is -0.170. The number of amides is 1. The highest BCUT2D eigenvalue weighted by Gasteiger charge is 2.20. The molecule has 1 amide bonds. The van der Waals surface area contributed by atoms with E-state index in [4.69, 9.17) is 0 Å². The van der Waals surface area contributed by atoms with Gasteiger partial charge in [0.1, 0.15) is 0 Å². The van der Waals surface area contributed by atoms with Gasteiger partial charge in [-0.1, -0.05) is 6.07 Å². The third-order valence-corrected chi connectivity index (χ3v) is 5.59. The minimum atomic E-state index is -3.55. The minimum Gasteiger partial charge on any atom is -0.326 e. The van der Waals surface area contributed by atoms with Crippen LogP contribution in [0, 0.1) is 6.92 Å². The molecule has 0 aliphatic rings. The molecule has 0 radical (unpaired) electrons. The average Bonchev–Trinajstić information content (AvgIpc) is 2.92. The molecule has 8 heteroatoms. The normalized spacial score (nSPS) is 11.7. The lowest BCUT2D eigenvalue weighted by Crippen LogP contribution is -2.23. The van der Waals surface area contributed by atoms with Crippen LogP contribution in [0.4, 0.5) is 5.69 Å². The van der Waals surface area contributed by atoms with Crippen molar-refractivity contribution in [2.45, 2.75) is 24.7 Å². The lowest BCUT2D eigenvalue weighted by atomic mass is 10.2. The highest BCUT2D eigenvalue weighted by Crippen LogP contribution is 2.22. The third kappa shape index (κ3) is 4.21. The summed E-state index contributed by atoms with van der Waals surface area (Å²) in [5.41, 5.74) is 2.08. The molecule has 1 N–H and O–H groups in total. The Hall–Kier alpha value is -2.19. The number of aromatic nitrogens is 2. The molecule has 0 spiro atoms. The average molecular weight is 350 g/mol. The minimum absolute atomic E-state index is 0.170. The summed E-state index contributed by atoms with van der Waals surface area (Å²) in [6.45, 7) is 1.73. The molecule has 1 aromatic heterocycles. The molecule has 0 saturated heterocycles. The van der Waals surface area contributed by atoms with E-state index >= 15 is 0 Å². The Labute approximate surface area is 142 Å². The van der Waals surface area contributed by atoms with Gasteiger partial charge in [0.15, 0.2) is 0 Å². The number of aryl methyl sites for hydroxylation is 3. The van der Waals surface area contributed by atoms with E-state index in [0.717, 1.165) is 9.87 Å². The van der Waals surface area contributed by atoms with Crippen molar-refractivity contribution in [1.29, 1.82) is 0 Å². The molecule has 0 aliphatic heterocycles. The van der Waals surface area contributed by atoms with E-state index in [-0.39, 0.29) is 10.8 Å². The molecule has 0 aliphatic carbocycles. The molecule has 0 bridgehead atoms. The number of rotatable bonds is 6. The molecule has 2 aromatic rings. The second-order valence-corrected chi connectivity index (χ2v) is 7.96. The van der Waals surface area contributed by atoms with E-state index in [9.17, 15) is 13.2 Å². The van der Waals surface area contributed by atoms with Crippen molar-refractivity contribution in [2.24, 2.45) is 7.05 Å². The third-order valence-electron chi connectivity index (χ3n) is 3.63. The summed E-state index contributed by atoms with van der Waals surface area (Å²) in [5, 5.41) is 6.81. The van der Waals surface area contributed by atoms with Crippen molar-refractivity contribution < 1.29 is 13.2 Å². The Bertz CT molecular complexity index is 841. The van der Waals surface area contributed by atoms with Gasteiger partial charge in [-0.25, -0.2) is 12.7 Å². The fourth-order valence-corrected chi connectivity index (χ4v) is 3.38. The van der Waals surface area contributed by atoms with E-state index in [0.29, 0.717) is 24.1 Å². The van der Waals surface area contributed by atoms with Crippen LogP contribution in [0.5, 0.6) is 0 Å². The summed E-state index contributed by atoms with van der Waals surface area (Å²) in [7, 11) is 1.23. The van der Waals surface area contributed by atoms with Crippen LogP contribution in [0.2, 0.25) is 0 Å². The summed E-state index contributed by atoms with van der Waals surface area (Å²) in [6, 6.07) is 4.88. The van der Waals surface area contributed by atoms with E-state index < -0.39 is 10.0 Å². The molecule has 0 atom stereocenters. The number of hydrogen-bond donors (Lipinski definition) is 1. The Morgan fingerprint density at radius 3 is 2.62 bits per heavy atom. The molecular weight excluding hydrogens is 328 g/mol. The first-order valence-corrected chi connectivity index (χ1v) is 8.94. The van der Waals surface area contributed by atoms with Gasteiger partial charge >= 0.3 is 0 Å². The van der Waals surface area contributed by atoms with Gasteiger partial charge in [-0.2, -0.15) is 5.10 Å². The fraction of sp³-hybridized carbons (Fsp3) is 0.375. The topological polar surface area (TPSA) is 84.3 Å². The van der Waals surface area contributed by atoms with Gasteiger partial charge in [-0.15, -0.1) is 0 Å². The first-order chi connectivity index (χ1) is 11.2. The maximum Gasteiger partial charge on any atom is 0.242 e. The van der Waals surface area contributed by atoms with Crippen molar-refractivity contribution in [3.05, 3.63) is 41.7 Å². The first kappa shape index (κ1) is 18.2. The van der Waals surface area contributed by atoms with Gasteiger partial charge in [0.05, 0.1) is 11.1 Å². The van der Waals surface area contributed by atoms with Gasteiger partial charge in [0, 0.05) is 39.4 Å².